The van der Waals surface area contributed by atoms with Crippen LogP contribution >= 0.6 is 0 Å². The maximum atomic E-state index is 14.0. The molecule has 1 N–H and O–H groups in total. The zero-order chi connectivity index (χ0) is 14.7. The van der Waals surface area contributed by atoms with Crippen LogP contribution in [0.4, 0.5) is 10.2 Å². The third-order valence-corrected chi connectivity index (χ3v) is 3.32. The van der Waals surface area contributed by atoms with Gasteiger partial charge >= 0.3 is 0 Å². The Morgan fingerprint density at radius 2 is 1.85 bits per heavy atom. The first-order valence-electron chi connectivity index (χ1n) is 6.88. The van der Waals surface area contributed by atoms with Gasteiger partial charge in [0, 0.05) is 12.1 Å². The Hall–Kier alpha value is -1.97. The van der Waals surface area contributed by atoms with Gasteiger partial charge in [-0.15, -0.1) is 0 Å². The molecule has 0 bridgehead atoms. The van der Waals surface area contributed by atoms with Crippen LogP contribution in [0.25, 0.3) is 11.4 Å². The van der Waals surface area contributed by atoms with Crippen LogP contribution < -0.4 is 5.32 Å². The van der Waals surface area contributed by atoms with E-state index in [4.69, 9.17) is 0 Å². The number of hydrogen-bond donors (Lipinski definition) is 1. The fraction of sp³-hybridized carbons (Fsp3) is 0.375. The number of aryl methyl sites for hydroxylation is 3. The van der Waals surface area contributed by atoms with Gasteiger partial charge in [0.05, 0.1) is 5.69 Å². The molecule has 0 aliphatic rings. The van der Waals surface area contributed by atoms with Crippen molar-refractivity contribution in [2.75, 3.05) is 11.9 Å². The maximum absolute atomic E-state index is 14.0. The summed E-state index contributed by atoms with van der Waals surface area (Å²) in [4.78, 5) is 8.57. The predicted molar refractivity (Wildman–Crippen MR) is 80.4 cm³/mol. The second-order valence-corrected chi connectivity index (χ2v) is 5.02. The maximum Gasteiger partial charge on any atom is 0.186 e. The first kappa shape index (κ1) is 14.4. The van der Waals surface area contributed by atoms with Crippen molar-refractivity contribution < 1.29 is 4.39 Å². The summed E-state index contributed by atoms with van der Waals surface area (Å²) in [5, 5.41) is 3.01. The third-order valence-electron chi connectivity index (χ3n) is 3.32. The molecule has 0 unspecified atom stereocenters. The van der Waals surface area contributed by atoms with Crippen LogP contribution in [0.3, 0.4) is 0 Å². The molecule has 106 valence electrons. The Balaban J connectivity index is 2.45. The highest BCUT2D eigenvalue weighted by atomic mass is 19.1. The minimum Gasteiger partial charge on any atom is -0.368 e. The standard InChI is InChI=1S/C16H20FN3/c1-5-8-18-16-14(17)12(4)19-15(20-16)13-7-6-10(2)11(3)9-13/h6-7,9H,5,8H2,1-4H3,(H,18,19,20). The monoisotopic (exact) mass is 273 g/mol. The summed E-state index contributed by atoms with van der Waals surface area (Å²) >= 11 is 0. The van der Waals surface area contributed by atoms with Crippen LogP contribution in [0.1, 0.15) is 30.2 Å². The van der Waals surface area contributed by atoms with Gasteiger partial charge < -0.3 is 5.32 Å². The van der Waals surface area contributed by atoms with E-state index in [0.717, 1.165) is 12.0 Å². The zero-order valence-corrected chi connectivity index (χ0v) is 12.4. The largest absolute Gasteiger partial charge is 0.368 e. The van der Waals surface area contributed by atoms with Gasteiger partial charge in [-0.1, -0.05) is 19.1 Å². The van der Waals surface area contributed by atoms with Crippen molar-refractivity contribution in [1.82, 2.24) is 9.97 Å². The van der Waals surface area contributed by atoms with E-state index in [1.54, 1.807) is 6.92 Å². The number of rotatable bonds is 4. The van der Waals surface area contributed by atoms with Crippen LogP contribution in [0.2, 0.25) is 0 Å². The van der Waals surface area contributed by atoms with Crippen molar-refractivity contribution in [3.63, 3.8) is 0 Å². The highest BCUT2D eigenvalue weighted by molar-refractivity contribution is 5.59. The van der Waals surface area contributed by atoms with Crippen molar-refractivity contribution in [3.05, 3.63) is 40.8 Å². The second-order valence-electron chi connectivity index (χ2n) is 5.02. The summed E-state index contributed by atoms with van der Waals surface area (Å²) in [7, 11) is 0. The van der Waals surface area contributed by atoms with Crippen LogP contribution in [0, 0.1) is 26.6 Å². The zero-order valence-electron chi connectivity index (χ0n) is 12.4. The third kappa shape index (κ3) is 2.95. The fourth-order valence-electron chi connectivity index (χ4n) is 1.93. The van der Waals surface area contributed by atoms with Gasteiger partial charge in [-0.05, 0) is 44.4 Å². The van der Waals surface area contributed by atoms with Gasteiger partial charge in [0.1, 0.15) is 0 Å². The number of nitrogens with one attached hydrogen (secondary N) is 1. The highest BCUT2D eigenvalue weighted by Crippen LogP contribution is 2.23. The molecular formula is C16H20FN3. The minimum atomic E-state index is -0.369. The molecule has 0 radical (unpaired) electrons. The van der Waals surface area contributed by atoms with Crippen LogP contribution in [0.5, 0.6) is 0 Å². The molecule has 0 saturated heterocycles. The Bertz CT molecular complexity index is 623. The summed E-state index contributed by atoms with van der Waals surface area (Å²) in [6.07, 6.45) is 0.918. The summed E-state index contributed by atoms with van der Waals surface area (Å²) in [5.41, 5.74) is 3.68. The lowest BCUT2D eigenvalue weighted by Gasteiger charge is -2.10. The van der Waals surface area contributed by atoms with Gasteiger partial charge in [0.15, 0.2) is 17.5 Å². The van der Waals surface area contributed by atoms with E-state index in [1.807, 2.05) is 32.0 Å². The van der Waals surface area contributed by atoms with E-state index in [-0.39, 0.29) is 11.6 Å². The Morgan fingerprint density at radius 3 is 2.50 bits per heavy atom. The molecule has 0 fully saturated rings. The number of anilines is 1. The Kier molecular flexibility index (Phi) is 4.32. The molecular weight excluding hydrogens is 253 g/mol. The van der Waals surface area contributed by atoms with E-state index in [9.17, 15) is 4.39 Å². The molecule has 2 rings (SSSR count). The smallest absolute Gasteiger partial charge is 0.186 e. The molecule has 20 heavy (non-hydrogen) atoms. The SMILES string of the molecule is CCCNc1nc(-c2ccc(C)c(C)c2)nc(C)c1F. The van der Waals surface area contributed by atoms with Gasteiger partial charge in [-0.3, -0.25) is 0 Å². The summed E-state index contributed by atoms with van der Waals surface area (Å²) < 4.78 is 14.0. The van der Waals surface area contributed by atoms with Crippen LogP contribution in [-0.4, -0.2) is 16.5 Å². The van der Waals surface area contributed by atoms with Crippen molar-refractivity contribution in [3.8, 4) is 11.4 Å². The lowest BCUT2D eigenvalue weighted by molar-refractivity contribution is 0.605. The first-order valence-corrected chi connectivity index (χ1v) is 6.88. The van der Waals surface area contributed by atoms with Gasteiger partial charge in [-0.2, -0.15) is 0 Å². The van der Waals surface area contributed by atoms with Gasteiger partial charge in [-0.25, -0.2) is 14.4 Å². The number of aromatic nitrogens is 2. The van der Waals surface area contributed by atoms with Gasteiger partial charge in [0.25, 0.3) is 0 Å². The number of hydrogen-bond acceptors (Lipinski definition) is 3. The molecule has 0 aliphatic carbocycles. The number of benzene rings is 1. The molecule has 0 spiro atoms. The van der Waals surface area contributed by atoms with Crippen molar-refractivity contribution in [2.24, 2.45) is 0 Å². The molecule has 0 atom stereocenters. The highest BCUT2D eigenvalue weighted by Gasteiger charge is 2.12. The molecule has 2 aromatic rings. The summed E-state index contributed by atoms with van der Waals surface area (Å²) in [6, 6.07) is 6.04. The quantitative estimate of drug-likeness (QED) is 0.914. The van der Waals surface area contributed by atoms with E-state index in [2.05, 4.69) is 22.2 Å². The van der Waals surface area contributed by atoms with E-state index < -0.39 is 0 Å². The average Bonchev–Trinajstić information content (AvgIpc) is 2.43. The molecule has 1 aromatic heterocycles. The van der Waals surface area contributed by atoms with Crippen LogP contribution in [0.15, 0.2) is 18.2 Å². The molecule has 0 amide bonds. The molecule has 0 saturated carbocycles. The number of halogens is 1. The van der Waals surface area contributed by atoms with E-state index in [0.29, 0.717) is 18.1 Å². The molecule has 3 nitrogen and oxygen atoms in total. The summed E-state index contributed by atoms with van der Waals surface area (Å²) in [6.45, 7) is 8.50. The molecule has 0 aliphatic heterocycles. The Morgan fingerprint density at radius 1 is 1.10 bits per heavy atom. The van der Waals surface area contributed by atoms with Crippen molar-refractivity contribution in [2.45, 2.75) is 34.1 Å². The molecule has 4 heteroatoms. The van der Waals surface area contributed by atoms with Crippen molar-refractivity contribution in [1.29, 1.82) is 0 Å². The lowest BCUT2D eigenvalue weighted by atomic mass is 10.1. The average molecular weight is 273 g/mol. The lowest BCUT2D eigenvalue weighted by Crippen LogP contribution is -2.08. The number of nitrogens with zero attached hydrogens (tertiary/aromatic N) is 2. The summed E-state index contributed by atoms with van der Waals surface area (Å²) in [5.74, 6) is 0.476. The predicted octanol–water partition coefficient (Wildman–Crippen LogP) is 4.03. The second kappa shape index (κ2) is 5.99. The Labute approximate surface area is 119 Å². The first-order chi connectivity index (χ1) is 9.52. The van der Waals surface area contributed by atoms with Crippen LogP contribution in [-0.2, 0) is 0 Å². The van der Waals surface area contributed by atoms with E-state index >= 15 is 0 Å². The minimum absolute atomic E-state index is 0.285. The fourth-order valence-corrected chi connectivity index (χ4v) is 1.93. The topological polar surface area (TPSA) is 37.8 Å². The molecule has 1 aromatic carbocycles. The van der Waals surface area contributed by atoms with Crippen molar-refractivity contribution >= 4 is 5.82 Å². The van der Waals surface area contributed by atoms with E-state index in [1.165, 1.54) is 11.1 Å². The molecule has 1 heterocycles. The van der Waals surface area contributed by atoms with Gasteiger partial charge in [0.2, 0.25) is 0 Å². The normalized spacial score (nSPS) is 10.7.